The highest BCUT2D eigenvalue weighted by Crippen LogP contribution is 2.24. The van der Waals surface area contributed by atoms with Crippen LogP contribution in [0.1, 0.15) is 30.2 Å². The highest BCUT2D eigenvalue weighted by atomic mass is 32.2. The first kappa shape index (κ1) is 15.5. The van der Waals surface area contributed by atoms with Crippen molar-refractivity contribution in [2.24, 2.45) is 0 Å². The number of carbonyl (C=O) groups excluding carboxylic acids is 1. The van der Waals surface area contributed by atoms with E-state index in [0.29, 0.717) is 13.0 Å². The molecule has 0 spiro atoms. The highest BCUT2D eigenvalue weighted by Gasteiger charge is 2.21. The molecule has 0 bridgehead atoms. The van der Waals surface area contributed by atoms with E-state index in [0.717, 1.165) is 13.0 Å². The molecule has 0 atom stereocenters. The lowest BCUT2D eigenvalue weighted by Gasteiger charge is -2.27. The van der Waals surface area contributed by atoms with E-state index in [9.17, 15) is 13.2 Å². The summed E-state index contributed by atoms with van der Waals surface area (Å²) in [6.45, 7) is 3.39. The van der Waals surface area contributed by atoms with Gasteiger partial charge in [0.05, 0.1) is 5.75 Å². The fourth-order valence-electron chi connectivity index (χ4n) is 2.27. The molecule has 1 amide bonds. The van der Waals surface area contributed by atoms with Crippen LogP contribution in [-0.2, 0) is 27.8 Å². The molecule has 0 aromatic carbocycles. The summed E-state index contributed by atoms with van der Waals surface area (Å²) < 4.78 is 25.4. The number of rotatable bonds is 6. The SMILES string of the molecule is CCCS(=O)(=O)NCCC(=O)N1CCc2sccc2C1. The third kappa shape index (κ3) is 4.04. The monoisotopic (exact) mass is 316 g/mol. The number of nitrogens with one attached hydrogen (secondary N) is 1. The summed E-state index contributed by atoms with van der Waals surface area (Å²) in [6, 6.07) is 2.06. The Hall–Kier alpha value is -0.920. The molecule has 0 saturated heterocycles. The molecule has 1 N–H and O–H groups in total. The van der Waals surface area contributed by atoms with Gasteiger partial charge in [-0.2, -0.15) is 0 Å². The fourth-order valence-corrected chi connectivity index (χ4v) is 4.26. The normalized spacial score (nSPS) is 15.2. The fraction of sp³-hybridized carbons (Fsp3) is 0.615. The molecule has 2 heterocycles. The van der Waals surface area contributed by atoms with Crippen LogP contribution in [0.3, 0.4) is 0 Å². The van der Waals surface area contributed by atoms with Crippen molar-refractivity contribution in [1.29, 1.82) is 0 Å². The zero-order valence-electron chi connectivity index (χ0n) is 11.6. The van der Waals surface area contributed by atoms with Gasteiger partial charge in [0.1, 0.15) is 0 Å². The lowest BCUT2D eigenvalue weighted by molar-refractivity contribution is -0.131. The van der Waals surface area contributed by atoms with E-state index in [1.807, 2.05) is 11.8 Å². The molecule has 0 unspecified atom stereocenters. The van der Waals surface area contributed by atoms with Crippen molar-refractivity contribution in [3.8, 4) is 0 Å². The van der Waals surface area contributed by atoms with E-state index < -0.39 is 10.0 Å². The van der Waals surface area contributed by atoms with Crippen molar-refractivity contribution in [2.75, 3.05) is 18.8 Å². The van der Waals surface area contributed by atoms with Crippen LogP contribution in [0.25, 0.3) is 0 Å². The van der Waals surface area contributed by atoms with Crippen LogP contribution in [0.4, 0.5) is 0 Å². The predicted molar refractivity (Wildman–Crippen MR) is 80.1 cm³/mol. The number of hydrogen-bond donors (Lipinski definition) is 1. The third-order valence-electron chi connectivity index (χ3n) is 3.29. The molecule has 0 radical (unpaired) electrons. The van der Waals surface area contributed by atoms with Crippen molar-refractivity contribution in [3.63, 3.8) is 0 Å². The summed E-state index contributed by atoms with van der Waals surface area (Å²) in [5.74, 6) is 0.129. The maximum Gasteiger partial charge on any atom is 0.224 e. The average Bonchev–Trinajstić information content (AvgIpc) is 2.85. The Morgan fingerprint density at radius 3 is 3.05 bits per heavy atom. The molecule has 1 aromatic rings. The maximum absolute atomic E-state index is 12.1. The highest BCUT2D eigenvalue weighted by molar-refractivity contribution is 7.89. The number of fused-ring (bicyclic) bond motifs is 1. The topological polar surface area (TPSA) is 66.5 Å². The second-order valence-corrected chi connectivity index (χ2v) is 7.82. The van der Waals surface area contributed by atoms with Gasteiger partial charge in [-0.3, -0.25) is 4.79 Å². The van der Waals surface area contributed by atoms with Gasteiger partial charge in [0, 0.05) is 30.9 Å². The molecule has 2 rings (SSSR count). The molecular weight excluding hydrogens is 296 g/mol. The first-order valence-electron chi connectivity index (χ1n) is 6.82. The zero-order chi connectivity index (χ0) is 14.6. The quantitative estimate of drug-likeness (QED) is 0.861. The van der Waals surface area contributed by atoms with Crippen LogP contribution in [-0.4, -0.2) is 38.1 Å². The van der Waals surface area contributed by atoms with E-state index in [1.54, 1.807) is 11.3 Å². The van der Waals surface area contributed by atoms with Crippen LogP contribution in [0, 0.1) is 0 Å². The second kappa shape index (κ2) is 6.69. The second-order valence-electron chi connectivity index (χ2n) is 4.90. The van der Waals surface area contributed by atoms with Gasteiger partial charge in [0.15, 0.2) is 0 Å². The van der Waals surface area contributed by atoms with E-state index in [1.165, 1.54) is 10.4 Å². The van der Waals surface area contributed by atoms with Gasteiger partial charge in [-0.15, -0.1) is 11.3 Å². The summed E-state index contributed by atoms with van der Waals surface area (Å²) in [7, 11) is -3.22. The standard InChI is InChI=1S/C13H20N2O3S2/c1-2-9-20(17,18)14-6-3-13(16)15-7-4-12-11(10-15)5-8-19-12/h5,8,14H,2-4,6-7,9-10H2,1H3. The Bertz CT molecular complexity index is 566. The lowest BCUT2D eigenvalue weighted by Crippen LogP contribution is -2.37. The third-order valence-corrected chi connectivity index (χ3v) is 5.91. The Balaban J connectivity index is 1.79. The van der Waals surface area contributed by atoms with Gasteiger partial charge in [0.2, 0.25) is 15.9 Å². The smallest absolute Gasteiger partial charge is 0.224 e. The Kier molecular flexibility index (Phi) is 5.17. The molecule has 7 heteroatoms. The number of thiophene rings is 1. The van der Waals surface area contributed by atoms with E-state index in [4.69, 9.17) is 0 Å². The van der Waals surface area contributed by atoms with Crippen molar-refractivity contribution < 1.29 is 13.2 Å². The molecule has 5 nitrogen and oxygen atoms in total. The van der Waals surface area contributed by atoms with E-state index in [2.05, 4.69) is 16.2 Å². The molecule has 0 saturated carbocycles. The van der Waals surface area contributed by atoms with Crippen LogP contribution in [0.15, 0.2) is 11.4 Å². The van der Waals surface area contributed by atoms with Gasteiger partial charge in [-0.25, -0.2) is 13.1 Å². The van der Waals surface area contributed by atoms with E-state index >= 15 is 0 Å². The van der Waals surface area contributed by atoms with Gasteiger partial charge in [-0.05, 0) is 29.9 Å². The minimum absolute atomic E-state index is 0.0149. The molecule has 0 fully saturated rings. The Labute approximate surface area is 124 Å². The first-order valence-corrected chi connectivity index (χ1v) is 9.35. The number of sulfonamides is 1. The molecule has 0 aliphatic carbocycles. The van der Waals surface area contributed by atoms with Gasteiger partial charge < -0.3 is 4.90 Å². The Morgan fingerprint density at radius 2 is 2.30 bits per heavy atom. The summed E-state index contributed by atoms with van der Waals surface area (Å²) >= 11 is 1.74. The van der Waals surface area contributed by atoms with Crippen molar-refractivity contribution in [3.05, 3.63) is 21.9 Å². The summed E-state index contributed by atoms with van der Waals surface area (Å²) in [6.07, 6.45) is 1.71. The molecule has 112 valence electrons. The van der Waals surface area contributed by atoms with Gasteiger partial charge in [0.25, 0.3) is 0 Å². The molecular formula is C13H20N2O3S2. The minimum Gasteiger partial charge on any atom is -0.338 e. The summed E-state index contributed by atoms with van der Waals surface area (Å²) in [4.78, 5) is 15.2. The van der Waals surface area contributed by atoms with E-state index in [-0.39, 0.29) is 24.6 Å². The number of hydrogen-bond acceptors (Lipinski definition) is 4. The number of amides is 1. The molecule has 1 aromatic heterocycles. The van der Waals surface area contributed by atoms with Crippen molar-refractivity contribution >= 4 is 27.3 Å². The maximum atomic E-state index is 12.1. The van der Waals surface area contributed by atoms with Crippen LogP contribution in [0.2, 0.25) is 0 Å². The largest absolute Gasteiger partial charge is 0.338 e. The minimum atomic E-state index is -3.22. The average molecular weight is 316 g/mol. The molecule has 1 aliphatic heterocycles. The summed E-state index contributed by atoms with van der Waals surface area (Å²) in [5, 5.41) is 2.05. The van der Waals surface area contributed by atoms with Gasteiger partial charge >= 0.3 is 0 Å². The van der Waals surface area contributed by atoms with Crippen LogP contribution >= 0.6 is 11.3 Å². The van der Waals surface area contributed by atoms with Crippen LogP contribution < -0.4 is 4.72 Å². The molecule has 1 aliphatic rings. The van der Waals surface area contributed by atoms with Crippen molar-refractivity contribution in [1.82, 2.24) is 9.62 Å². The number of carbonyl (C=O) groups is 1. The van der Waals surface area contributed by atoms with Crippen molar-refractivity contribution in [2.45, 2.75) is 32.7 Å². The molecule has 20 heavy (non-hydrogen) atoms. The summed E-state index contributed by atoms with van der Waals surface area (Å²) in [5.41, 5.74) is 1.22. The zero-order valence-corrected chi connectivity index (χ0v) is 13.2. The predicted octanol–water partition coefficient (Wildman–Crippen LogP) is 1.35. The lowest BCUT2D eigenvalue weighted by atomic mass is 10.1. The number of nitrogens with zero attached hydrogens (tertiary/aromatic N) is 1. The van der Waals surface area contributed by atoms with Crippen LogP contribution in [0.5, 0.6) is 0 Å². The van der Waals surface area contributed by atoms with Gasteiger partial charge in [-0.1, -0.05) is 6.92 Å². The first-order chi connectivity index (χ1) is 9.52. The Morgan fingerprint density at radius 1 is 1.50 bits per heavy atom.